The molecule has 0 aliphatic carbocycles. The summed E-state index contributed by atoms with van der Waals surface area (Å²) in [4.78, 5) is 19.4. The van der Waals surface area contributed by atoms with Crippen LogP contribution in [0.3, 0.4) is 0 Å². The Balaban J connectivity index is 2.16. The number of nitrogens with one attached hydrogen (secondary N) is 1. The normalized spacial score (nSPS) is 11.1. The van der Waals surface area contributed by atoms with Gasteiger partial charge in [-0.15, -0.1) is 0 Å². The number of benzene rings is 1. The van der Waals surface area contributed by atoms with E-state index in [-0.39, 0.29) is 5.56 Å². The molecule has 5 nitrogen and oxygen atoms in total. The molecule has 21 heavy (non-hydrogen) atoms. The van der Waals surface area contributed by atoms with E-state index >= 15 is 0 Å². The molecule has 0 saturated carbocycles. The van der Waals surface area contributed by atoms with E-state index in [0.717, 1.165) is 17.9 Å². The molecule has 0 atom stereocenters. The predicted octanol–water partition coefficient (Wildman–Crippen LogP) is 3.26. The summed E-state index contributed by atoms with van der Waals surface area (Å²) in [5, 5.41) is 5.95. The Hall–Kier alpha value is -1.79. The van der Waals surface area contributed by atoms with Crippen molar-refractivity contribution in [1.82, 2.24) is 19.7 Å². The van der Waals surface area contributed by atoms with Crippen molar-refractivity contribution >= 4 is 34.4 Å². The number of hydrogen-bond donors (Lipinski definition) is 1. The highest BCUT2D eigenvalue weighted by molar-refractivity contribution is 7.99. The first-order valence-electron chi connectivity index (χ1n) is 6.56. The number of nitrogens with zero attached hydrogens (tertiary/aromatic N) is 3. The Morgan fingerprint density at radius 1 is 1.43 bits per heavy atom. The highest BCUT2D eigenvalue weighted by atomic mass is 35.5. The lowest BCUT2D eigenvalue weighted by Gasteiger charge is -2.04. The zero-order chi connectivity index (χ0) is 14.8. The van der Waals surface area contributed by atoms with E-state index in [1.165, 1.54) is 18.0 Å². The number of rotatable bonds is 4. The lowest BCUT2D eigenvalue weighted by Crippen LogP contribution is -2.09. The Morgan fingerprint density at radius 3 is 3.05 bits per heavy atom. The molecule has 2 aromatic heterocycles. The van der Waals surface area contributed by atoms with E-state index < -0.39 is 0 Å². The van der Waals surface area contributed by atoms with E-state index in [1.54, 1.807) is 16.8 Å². The third-order valence-electron chi connectivity index (χ3n) is 2.91. The lowest BCUT2D eigenvalue weighted by atomic mass is 10.3. The van der Waals surface area contributed by atoms with Crippen molar-refractivity contribution in [1.29, 1.82) is 0 Å². The minimum absolute atomic E-state index is 0.174. The van der Waals surface area contributed by atoms with Gasteiger partial charge in [-0.05, 0) is 24.6 Å². The second-order valence-electron chi connectivity index (χ2n) is 4.49. The molecule has 0 unspecified atom stereocenters. The Bertz CT molecular complexity index is 842. The van der Waals surface area contributed by atoms with Crippen molar-refractivity contribution in [2.75, 3.05) is 5.75 Å². The van der Waals surface area contributed by atoms with Crippen LogP contribution >= 0.6 is 23.4 Å². The molecular weight excluding hydrogens is 308 g/mol. The largest absolute Gasteiger partial charge is 0.301 e. The molecule has 108 valence electrons. The maximum atomic E-state index is 12.1. The smallest absolute Gasteiger partial charge is 0.262 e. The monoisotopic (exact) mass is 320 g/mol. The van der Waals surface area contributed by atoms with Crippen LogP contribution in [0.4, 0.5) is 0 Å². The van der Waals surface area contributed by atoms with Gasteiger partial charge in [-0.2, -0.15) is 5.10 Å². The second kappa shape index (κ2) is 5.91. The molecule has 0 fully saturated rings. The van der Waals surface area contributed by atoms with Crippen LogP contribution in [-0.4, -0.2) is 25.5 Å². The number of halogens is 1. The molecule has 0 saturated heterocycles. The van der Waals surface area contributed by atoms with E-state index in [4.69, 9.17) is 11.6 Å². The topological polar surface area (TPSA) is 63.6 Å². The first kappa shape index (κ1) is 14.2. The van der Waals surface area contributed by atoms with Crippen LogP contribution in [0.5, 0.6) is 0 Å². The van der Waals surface area contributed by atoms with Crippen LogP contribution in [0.2, 0.25) is 5.02 Å². The summed E-state index contributed by atoms with van der Waals surface area (Å²) in [6.45, 7) is 2.08. The minimum atomic E-state index is -0.174. The highest BCUT2D eigenvalue weighted by Gasteiger charge is 2.11. The molecule has 3 rings (SSSR count). The number of thioether (sulfide) groups is 1. The third-order valence-corrected chi connectivity index (χ3v) is 4.23. The molecule has 0 amide bonds. The van der Waals surface area contributed by atoms with Crippen molar-refractivity contribution < 1.29 is 0 Å². The molecule has 0 aliphatic heterocycles. The molecule has 0 bridgehead atoms. The van der Waals surface area contributed by atoms with E-state index in [2.05, 4.69) is 22.0 Å². The van der Waals surface area contributed by atoms with E-state index in [0.29, 0.717) is 21.2 Å². The van der Waals surface area contributed by atoms with Gasteiger partial charge in [-0.3, -0.25) is 4.79 Å². The number of fused-ring (bicyclic) bond motifs is 1. The zero-order valence-corrected chi connectivity index (χ0v) is 12.9. The maximum Gasteiger partial charge on any atom is 0.262 e. The fraction of sp³-hybridized carbons (Fsp3) is 0.214. The summed E-state index contributed by atoms with van der Waals surface area (Å²) in [7, 11) is 0. The first-order chi connectivity index (χ1) is 10.2. The Labute approximate surface area is 130 Å². The summed E-state index contributed by atoms with van der Waals surface area (Å²) in [6, 6.07) is 7.29. The molecular formula is C14H13ClN4OS. The van der Waals surface area contributed by atoms with Gasteiger partial charge in [0.1, 0.15) is 5.39 Å². The highest BCUT2D eigenvalue weighted by Crippen LogP contribution is 2.20. The molecule has 7 heteroatoms. The van der Waals surface area contributed by atoms with Gasteiger partial charge in [0, 0.05) is 10.8 Å². The molecule has 1 aromatic carbocycles. The van der Waals surface area contributed by atoms with Gasteiger partial charge in [-0.1, -0.05) is 36.4 Å². The predicted molar refractivity (Wildman–Crippen MR) is 85.5 cm³/mol. The number of aromatic amines is 1. The van der Waals surface area contributed by atoms with Gasteiger partial charge in [0.25, 0.3) is 5.56 Å². The van der Waals surface area contributed by atoms with Gasteiger partial charge in [0.15, 0.2) is 10.8 Å². The summed E-state index contributed by atoms with van der Waals surface area (Å²) < 4.78 is 1.63. The van der Waals surface area contributed by atoms with Crippen LogP contribution in [0, 0.1) is 0 Å². The van der Waals surface area contributed by atoms with Gasteiger partial charge < -0.3 is 4.98 Å². The van der Waals surface area contributed by atoms with Crippen molar-refractivity contribution in [3.63, 3.8) is 0 Å². The Morgan fingerprint density at radius 2 is 2.29 bits per heavy atom. The molecule has 0 radical (unpaired) electrons. The van der Waals surface area contributed by atoms with Crippen molar-refractivity contribution in [3.05, 3.63) is 45.8 Å². The molecule has 3 aromatic rings. The van der Waals surface area contributed by atoms with Crippen LogP contribution < -0.4 is 5.56 Å². The fourth-order valence-corrected chi connectivity index (χ4v) is 2.86. The molecule has 0 spiro atoms. The van der Waals surface area contributed by atoms with Gasteiger partial charge in [0.05, 0.1) is 11.9 Å². The number of hydrogen-bond acceptors (Lipinski definition) is 4. The van der Waals surface area contributed by atoms with Gasteiger partial charge >= 0.3 is 0 Å². The summed E-state index contributed by atoms with van der Waals surface area (Å²) >= 11 is 7.54. The minimum Gasteiger partial charge on any atom is -0.301 e. The van der Waals surface area contributed by atoms with Gasteiger partial charge in [0.2, 0.25) is 0 Å². The van der Waals surface area contributed by atoms with E-state index in [9.17, 15) is 4.79 Å². The average molecular weight is 321 g/mol. The standard InChI is InChI=1S/C14H13ClN4OS/c1-2-6-21-14-17-12-11(13(20)18-14)8-16-19(12)10-5-3-4-9(15)7-10/h3-5,7-8H,2,6H2,1H3,(H,17,18,20). The Kier molecular flexibility index (Phi) is 3.98. The quantitative estimate of drug-likeness (QED) is 0.592. The number of aromatic nitrogens is 4. The SMILES string of the molecule is CCCSc1nc2c(cnn2-c2cccc(Cl)c2)c(=O)[nH]1. The average Bonchev–Trinajstić information content (AvgIpc) is 2.89. The van der Waals surface area contributed by atoms with Crippen molar-refractivity contribution in [3.8, 4) is 5.69 Å². The van der Waals surface area contributed by atoms with Crippen LogP contribution in [0.1, 0.15) is 13.3 Å². The van der Waals surface area contributed by atoms with Crippen LogP contribution in [0.25, 0.3) is 16.7 Å². The summed E-state index contributed by atoms with van der Waals surface area (Å²) in [5.41, 5.74) is 1.15. The second-order valence-corrected chi connectivity index (χ2v) is 6.01. The molecule has 1 N–H and O–H groups in total. The van der Waals surface area contributed by atoms with E-state index in [1.807, 2.05) is 12.1 Å². The lowest BCUT2D eigenvalue weighted by molar-refractivity contribution is 0.872. The molecule has 0 aliphatic rings. The summed E-state index contributed by atoms with van der Waals surface area (Å²) in [6.07, 6.45) is 2.54. The van der Waals surface area contributed by atoms with Gasteiger partial charge in [-0.25, -0.2) is 9.67 Å². The molecule has 2 heterocycles. The van der Waals surface area contributed by atoms with Crippen molar-refractivity contribution in [2.24, 2.45) is 0 Å². The zero-order valence-electron chi connectivity index (χ0n) is 11.3. The fourth-order valence-electron chi connectivity index (χ4n) is 1.96. The van der Waals surface area contributed by atoms with Crippen LogP contribution in [0.15, 0.2) is 40.4 Å². The van der Waals surface area contributed by atoms with Crippen molar-refractivity contribution in [2.45, 2.75) is 18.5 Å². The first-order valence-corrected chi connectivity index (χ1v) is 7.92. The third kappa shape index (κ3) is 2.82. The summed E-state index contributed by atoms with van der Waals surface area (Å²) in [5.74, 6) is 0.903. The maximum absolute atomic E-state index is 12.1. The van der Waals surface area contributed by atoms with Crippen LogP contribution in [-0.2, 0) is 0 Å². The number of H-pyrrole nitrogens is 1.